The topological polar surface area (TPSA) is 20.2 Å². The van der Waals surface area contributed by atoms with Gasteiger partial charge in [0, 0.05) is 0 Å². The second-order valence-electron chi connectivity index (χ2n) is 6.20. The summed E-state index contributed by atoms with van der Waals surface area (Å²) in [6.07, 6.45) is 5.16. The van der Waals surface area contributed by atoms with Crippen molar-refractivity contribution in [2.45, 2.75) is 53.1 Å². The smallest absolute Gasteiger partial charge is 0.0574 e. The van der Waals surface area contributed by atoms with E-state index in [1.54, 1.807) is 0 Å². The molecule has 4 unspecified atom stereocenters. The van der Waals surface area contributed by atoms with E-state index in [0.29, 0.717) is 17.3 Å². The minimum Gasteiger partial charge on any atom is -0.393 e. The molecule has 88 valence electrons. The van der Waals surface area contributed by atoms with Crippen molar-refractivity contribution in [3.8, 4) is 0 Å². The zero-order chi connectivity index (χ0) is 11.6. The largest absolute Gasteiger partial charge is 0.393 e. The summed E-state index contributed by atoms with van der Waals surface area (Å²) in [7, 11) is 0. The third-order valence-corrected chi connectivity index (χ3v) is 4.13. The zero-order valence-corrected chi connectivity index (χ0v) is 10.7. The first-order valence-corrected chi connectivity index (χ1v) is 6.17. The van der Waals surface area contributed by atoms with Crippen LogP contribution in [0.3, 0.4) is 0 Å². The Morgan fingerprint density at radius 3 is 2.40 bits per heavy atom. The van der Waals surface area contributed by atoms with Gasteiger partial charge in [0.25, 0.3) is 0 Å². The van der Waals surface area contributed by atoms with E-state index >= 15 is 0 Å². The number of aliphatic hydroxyl groups excluding tert-OH is 1. The van der Waals surface area contributed by atoms with Crippen molar-refractivity contribution in [2.75, 3.05) is 0 Å². The molecular weight excluding hydrogens is 184 g/mol. The number of hydrogen-bond donors (Lipinski definition) is 1. The van der Waals surface area contributed by atoms with Crippen LogP contribution in [0.5, 0.6) is 0 Å². The molecule has 0 aromatic heterocycles. The molecule has 0 bridgehead atoms. The molecule has 0 aromatic rings. The fraction of sp³-hybridized carbons (Fsp3) is 0.857. The van der Waals surface area contributed by atoms with E-state index in [1.165, 1.54) is 6.42 Å². The molecule has 1 fully saturated rings. The van der Waals surface area contributed by atoms with E-state index in [4.69, 9.17) is 0 Å². The maximum atomic E-state index is 10.0. The summed E-state index contributed by atoms with van der Waals surface area (Å²) in [4.78, 5) is 0. The standard InChI is InChI=1S/C14H26O/c1-6-10(2)12-9-11(14(3,4)5)7-8-13(12)15/h6,10-13,15H,1,7-9H2,2-5H3. The molecule has 1 rings (SSSR count). The Morgan fingerprint density at radius 2 is 1.93 bits per heavy atom. The first kappa shape index (κ1) is 12.8. The van der Waals surface area contributed by atoms with Gasteiger partial charge in [0.15, 0.2) is 0 Å². The Bertz CT molecular complexity index is 214. The van der Waals surface area contributed by atoms with Crippen LogP contribution in [0.25, 0.3) is 0 Å². The number of hydrogen-bond acceptors (Lipinski definition) is 1. The Kier molecular flexibility index (Phi) is 3.99. The van der Waals surface area contributed by atoms with Crippen molar-refractivity contribution in [1.29, 1.82) is 0 Å². The van der Waals surface area contributed by atoms with E-state index < -0.39 is 0 Å². The van der Waals surface area contributed by atoms with E-state index in [-0.39, 0.29) is 6.10 Å². The van der Waals surface area contributed by atoms with E-state index in [0.717, 1.165) is 18.8 Å². The Hall–Kier alpha value is -0.300. The third-order valence-electron chi connectivity index (χ3n) is 4.13. The molecule has 1 heteroatoms. The molecule has 0 aromatic carbocycles. The van der Waals surface area contributed by atoms with Crippen LogP contribution in [0.2, 0.25) is 0 Å². The molecule has 1 saturated carbocycles. The van der Waals surface area contributed by atoms with Crippen molar-refractivity contribution in [1.82, 2.24) is 0 Å². The van der Waals surface area contributed by atoms with Crippen molar-refractivity contribution in [3.63, 3.8) is 0 Å². The van der Waals surface area contributed by atoms with Crippen LogP contribution in [-0.4, -0.2) is 11.2 Å². The van der Waals surface area contributed by atoms with Crippen molar-refractivity contribution in [2.24, 2.45) is 23.2 Å². The molecule has 15 heavy (non-hydrogen) atoms. The highest BCUT2D eigenvalue weighted by Crippen LogP contribution is 2.42. The fourth-order valence-electron chi connectivity index (χ4n) is 2.72. The molecule has 1 aliphatic carbocycles. The van der Waals surface area contributed by atoms with Crippen LogP contribution in [-0.2, 0) is 0 Å². The Labute approximate surface area is 94.6 Å². The van der Waals surface area contributed by atoms with Crippen LogP contribution < -0.4 is 0 Å². The van der Waals surface area contributed by atoms with Crippen LogP contribution in [0.1, 0.15) is 47.0 Å². The van der Waals surface area contributed by atoms with Gasteiger partial charge in [0.1, 0.15) is 0 Å². The van der Waals surface area contributed by atoms with Gasteiger partial charge in [-0.15, -0.1) is 6.58 Å². The normalized spacial score (nSPS) is 34.9. The highest BCUT2D eigenvalue weighted by Gasteiger charge is 2.36. The first-order valence-electron chi connectivity index (χ1n) is 6.17. The molecular formula is C14H26O. The molecule has 4 atom stereocenters. The SMILES string of the molecule is C=CC(C)C1CC(C(C)(C)C)CCC1O. The molecule has 0 amide bonds. The van der Waals surface area contributed by atoms with Crippen LogP contribution >= 0.6 is 0 Å². The summed E-state index contributed by atoms with van der Waals surface area (Å²) in [5, 5.41) is 10.0. The highest BCUT2D eigenvalue weighted by molar-refractivity contribution is 4.92. The van der Waals surface area contributed by atoms with E-state index in [1.807, 2.05) is 6.08 Å². The van der Waals surface area contributed by atoms with Gasteiger partial charge in [-0.25, -0.2) is 0 Å². The monoisotopic (exact) mass is 210 g/mol. The average Bonchev–Trinajstić information content (AvgIpc) is 2.15. The van der Waals surface area contributed by atoms with Gasteiger partial charge in [-0.3, -0.25) is 0 Å². The zero-order valence-electron chi connectivity index (χ0n) is 10.7. The maximum absolute atomic E-state index is 10.0. The Morgan fingerprint density at radius 1 is 1.33 bits per heavy atom. The molecule has 1 aliphatic rings. The number of aliphatic hydroxyl groups is 1. The summed E-state index contributed by atoms with van der Waals surface area (Å²) in [6, 6.07) is 0. The summed E-state index contributed by atoms with van der Waals surface area (Å²) in [5.74, 6) is 1.60. The summed E-state index contributed by atoms with van der Waals surface area (Å²) < 4.78 is 0. The van der Waals surface area contributed by atoms with Gasteiger partial charge in [-0.1, -0.05) is 33.8 Å². The summed E-state index contributed by atoms with van der Waals surface area (Å²) in [6.45, 7) is 13.0. The molecule has 1 nitrogen and oxygen atoms in total. The second-order valence-corrected chi connectivity index (χ2v) is 6.20. The van der Waals surface area contributed by atoms with E-state index in [2.05, 4.69) is 34.3 Å². The van der Waals surface area contributed by atoms with Crippen molar-refractivity contribution < 1.29 is 5.11 Å². The lowest BCUT2D eigenvalue weighted by molar-refractivity contribution is 0.00456. The lowest BCUT2D eigenvalue weighted by Gasteiger charge is -2.41. The molecule has 0 aliphatic heterocycles. The molecule has 0 radical (unpaired) electrons. The predicted octanol–water partition coefficient (Wildman–Crippen LogP) is 3.63. The van der Waals surface area contributed by atoms with Crippen molar-refractivity contribution >= 4 is 0 Å². The second kappa shape index (κ2) is 4.69. The van der Waals surface area contributed by atoms with Crippen molar-refractivity contribution in [3.05, 3.63) is 12.7 Å². The molecule has 0 saturated heterocycles. The molecule has 1 N–H and O–H groups in total. The predicted molar refractivity (Wildman–Crippen MR) is 65.7 cm³/mol. The van der Waals surface area contributed by atoms with Gasteiger partial charge in [-0.2, -0.15) is 0 Å². The van der Waals surface area contributed by atoms with Gasteiger partial charge in [0.2, 0.25) is 0 Å². The molecule has 0 heterocycles. The van der Waals surface area contributed by atoms with Gasteiger partial charge < -0.3 is 5.11 Å². The number of rotatable bonds is 2. The van der Waals surface area contributed by atoms with Gasteiger partial charge in [-0.05, 0) is 42.4 Å². The third kappa shape index (κ3) is 3.07. The summed E-state index contributed by atoms with van der Waals surface area (Å²) >= 11 is 0. The average molecular weight is 210 g/mol. The van der Waals surface area contributed by atoms with E-state index in [9.17, 15) is 5.11 Å². The minimum absolute atomic E-state index is 0.114. The number of allylic oxidation sites excluding steroid dienone is 1. The van der Waals surface area contributed by atoms with Gasteiger partial charge >= 0.3 is 0 Å². The first-order chi connectivity index (χ1) is 6.86. The fourth-order valence-corrected chi connectivity index (χ4v) is 2.72. The molecule has 0 spiro atoms. The minimum atomic E-state index is -0.114. The highest BCUT2D eigenvalue weighted by atomic mass is 16.3. The lowest BCUT2D eigenvalue weighted by Crippen LogP contribution is -2.37. The van der Waals surface area contributed by atoms with Crippen LogP contribution in [0.15, 0.2) is 12.7 Å². The Balaban J connectivity index is 2.68. The summed E-state index contributed by atoms with van der Waals surface area (Å²) in [5.41, 5.74) is 0.374. The quantitative estimate of drug-likeness (QED) is 0.690. The van der Waals surface area contributed by atoms with Gasteiger partial charge in [0.05, 0.1) is 6.10 Å². The van der Waals surface area contributed by atoms with Crippen LogP contribution in [0.4, 0.5) is 0 Å². The van der Waals surface area contributed by atoms with Crippen LogP contribution in [0, 0.1) is 23.2 Å². The maximum Gasteiger partial charge on any atom is 0.0574 e. The lowest BCUT2D eigenvalue weighted by atomic mass is 9.65.